The van der Waals surface area contributed by atoms with Crippen molar-refractivity contribution >= 4 is 5.91 Å². The van der Waals surface area contributed by atoms with Crippen molar-refractivity contribution in [3.63, 3.8) is 0 Å². The van der Waals surface area contributed by atoms with E-state index in [0.717, 1.165) is 39.0 Å². The van der Waals surface area contributed by atoms with E-state index < -0.39 is 0 Å². The van der Waals surface area contributed by atoms with Gasteiger partial charge in [0.1, 0.15) is 0 Å². The van der Waals surface area contributed by atoms with Gasteiger partial charge in [0.15, 0.2) is 0 Å². The first-order chi connectivity index (χ1) is 6.86. The Morgan fingerprint density at radius 1 is 1.43 bits per heavy atom. The molecule has 0 aliphatic carbocycles. The van der Waals surface area contributed by atoms with Crippen molar-refractivity contribution in [1.29, 1.82) is 0 Å². The van der Waals surface area contributed by atoms with Crippen LogP contribution in [0.25, 0.3) is 0 Å². The molecule has 0 aromatic carbocycles. The molecule has 79 valence electrons. The quantitative estimate of drug-likeness (QED) is 0.707. The van der Waals surface area contributed by atoms with Crippen molar-refractivity contribution in [1.82, 2.24) is 10.2 Å². The highest BCUT2D eigenvalue weighted by molar-refractivity contribution is 5.76. The largest absolute Gasteiger partial charge is 0.342 e. The van der Waals surface area contributed by atoms with E-state index >= 15 is 0 Å². The summed E-state index contributed by atoms with van der Waals surface area (Å²) in [5.41, 5.74) is 0. The lowest BCUT2D eigenvalue weighted by Gasteiger charge is -2.24. The maximum atomic E-state index is 11.8. The second-order valence-corrected chi connectivity index (χ2v) is 4.31. The number of nitrogens with zero attached hydrogens (tertiary/aromatic N) is 1. The molecule has 2 fully saturated rings. The van der Waals surface area contributed by atoms with E-state index in [9.17, 15) is 4.79 Å². The number of likely N-dealkylation sites (tertiary alicyclic amines) is 1. The monoisotopic (exact) mass is 195 g/mol. The van der Waals surface area contributed by atoms with Crippen LogP contribution in [0.1, 0.15) is 25.7 Å². The second-order valence-electron chi connectivity index (χ2n) is 4.31. The molecule has 0 unspecified atom stereocenters. The van der Waals surface area contributed by atoms with Crippen molar-refractivity contribution in [3.8, 4) is 0 Å². The first-order valence-corrected chi connectivity index (χ1v) is 5.66. The molecule has 0 bridgehead atoms. The summed E-state index contributed by atoms with van der Waals surface area (Å²) in [7, 11) is 0. The Hall–Kier alpha value is -0.570. The van der Waals surface area contributed by atoms with Crippen molar-refractivity contribution in [2.24, 2.45) is 5.92 Å². The Labute approximate surface area is 85.8 Å². The van der Waals surface area contributed by atoms with Gasteiger partial charge in [0, 0.05) is 19.5 Å². The molecule has 0 saturated carbocycles. The molecule has 0 aromatic heterocycles. The van der Waals surface area contributed by atoms with Gasteiger partial charge in [0.25, 0.3) is 0 Å². The molecule has 2 rings (SSSR count). The van der Waals surface area contributed by atoms with Crippen LogP contribution in [-0.2, 0) is 4.79 Å². The number of hydrogen-bond donors (Lipinski definition) is 1. The number of carbonyl (C=O) groups excluding carboxylic acids is 1. The summed E-state index contributed by atoms with van der Waals surface area (Å²) in [4.78, 5) is 13.8. The third-order valence-corrected chi connectivity index (χ3v) is 3.23. The molecule has 1 amide bonds. The fraction of sp³-hybridized carbons (Fsp3) is 0.818. The molecule has 14 heavy (non-hydrogen) atoms. The van der Waals surface area contributed by atoms with Gasteiger partial charge in [-0.25, -0.2) is 0 Å². The van der Waals surface area contributed by atoms with Crippen LogP contribution in [0.2, 0.25) is 0 Å². The first-order valence-electron chi connectivity index (χ1n) is 5.66. The van der Waals surface area contributed by atoms with Crippen LogP contribution < -0.4 is 5.32 Å². The van der Waals surface area contributed by atoms with Gasteiger partial charge in [-0.3, -0.25) is 4.79 Å². The summed E-state index contributed by atoms with van der Waals surface area (Å²) in [6, 6.07) is 0. The van der Waals surface area contributed by atoms with Crippen LogP contribution in [0.15, 0.2) is 0 Å². The van der Waals surface area contributed by atoms with E-state index in [1.54, 1.807) is 0 Å². The molecule has 0 spiro atoms. The third-order valence-electron chi connectivity index (χ3n) is 3.23. The predicted octanol–water partition coefficient (Wildman–Crippen LogP) is 0.813. The normalized spacial score (nSPS) is 24.1. The molecule has 2 aliphatic heterocycles. The Morgan fingerprint density at radius 3 is 2.86 bits per heavy atom. The van der Waals surface area contributed by atoms with E-state index in [2.05, 4.69) is 11.7 Å². The zero-order valence-electron chi connectivity index (χ0n) is 8.67. The topological polar surface area (TPSA) is 32.3 Å². The molecule has 2 heterocycles. The molecule has 3 heteroatoms. The Kier molecular flexibility index (Phi) is 3.40. The maximum absolute atomic E-state index is 11.8. The van der Waals surface area contributed by atoms with E-state index in [4.69, 9.17) is 0 Å². The molecule has 2 saturated heterocycles. The third kappa shape index (κ3) is 2.47. The average Bonchev–Trinajstić information content (AvgIpc) is 2.72. The van der Waals surface area contributed by atoms with Crippen LogP contribution in [-0.4, -0.2) is 37.0 Å². The lowest BCUT2D eigenvalue weighted by molar-refractivity contribution is -0.131. The minimum Gasteiger partial charge on any atom is -0.342 e. The number of carbonyl (C=O) groups is 1. The lowest BCUT2D eigenvalue weighted by Crippen LogP contribution is -2.33. The SMILES string of the molecule is O=C(CC1CCNCC1)N1C[CH]CC1. The van der Waals surface area contributed by atoms with Crippen LogP contribution in [0.5, 0.6) is 0 Å². The van der Waals surface area contributed by atoms with Crippen LogP contribution >= 0.6 is 0 Å². The highest BCUT2D eigenvalue weighted by Gasteiger charge is 2.22. The molecule has 0 aromatic rings. The van der Waals surface area contributed by atoms with Crippen LogP contribution in [0.4, 0.5) is 0 Å². The van der Waals surface area contributed by atoms with Gasteiger partial charge in [-0.2, -0.15) is 0 Å². The number of amides is 1. The molecule has 1 radical (unpaired) electrons. The van der Waals surface area contributed by atoms with E-state index in [-0.39, 0.29) is 0 Å². The van der Waals surface area contributed by atoms with Crippen molar-refractivity contribution in [3.05, 3.63) is 6.42 Å². The Balaban J connectivity index is 1.75. The Morgan fingerprint density at radius 2 is 2.21 bits per heavy atom. The fourth-order valence-electron chi connectivity index (χ4n) is 2.27. The van der Waals surface area contributed by atoms with Crippen LogP contribution in [0.3, 0.4) is 0 Å². The van der Waals surface area contributed by atoms with Gasteiger partial charge < -0.3 is 10.2 Å². The summed E-state index contributed by atoms with van der Waals surface area (Å²) in [6.07, 6.45) is 6.39. The van der Waals surface area contributed by atoms with Gasteiger partial charge in [-0.05, 0) is 44.7 Å². The summed E-state index contributed by atoms with van der Waals surface area (Å²) in [6.45, 7) is 4.00. The van der Waals surface area contributed by atoms with E-state index in [1.807, 2.05) is 4.90 Å². The fourth-order valence-corrected chi connectivity index (χ4v) is 2.27. The summed E-state index contributed by atoms with van der Waals surface area (Å²) in [5.74, 6) is 0.995. The predicted molar refractivity (Wildman–Crippen MR) is 55.7 cm³/mol. The second kappa shape index (κ2) is 4.78. The molecule has 1 N–H and O–H groups in total. The van der Waals surface area contributed by atoms with Crippen molar-refractivity contribution in [2.45, 2.75) is 25.7 Å². The van der Waals surface area contributed by atoms with Crippen molar-refractivity contribution in [2.75, 3.05) is 26.2 Å². The highest BCUT2D eigenvalue weighted by Crippen LogP contribution is 2.18. The van der Waals surface area contributed by atoms with Crippen LogP contribution in [0, 0.1) is 12.3 Å². The standard InChI is InChI=1S/C11H19N2O/c14-11(13-7-1-2-8-13)9-10-3-5-12-6-4-10/h1,10,12H,2-9H2. The average molecular weight is 195 g/mol. The summed E-state index contributed by atoms with van der Waals surface area (Å²) < 4.78 is 0. The number of hydrogen-bond acceptors (Lipinski definition) is 2. The van der Waals surface area contributed by atoms with Gasteiger partial charge in [0.2, 0.25) is 5.91 Å². The van der Waals surface area contributed by atoms with Gasteiger partial charge in [-0.15, -0.1) is 0 Å². The van der Waals surface area contributed by atoms with Gasteiger partial charge in [-0.1, -0.05) is 0 Å². The summed E-state index contributed by atoms with van der Waals surface area (Å²) in [5, 5.41) is 3.33. The maximum Gasteiger partial charge on any atom is 0.222 e. The molecule has 0 atom stereocenters. The van der Waals surface area contributed by atoms with Gasteiger partial charge in [0.05, 0.1) is 0 Å². The van der Waals surface area contributed by atoms with E-state index in [1.165, 1.54) is 12.8 Å². The zero-order valence-corrected chi connectivity index (χ0v) is 8.67. The minimum absolute atomic E-state index is 0.366. The zero-order chi connectivity index (χ0) is 9.80. The number of piperidine rings is 1. The Bertz CT molecular complexity index is 193. The highest BCUT2D eigenvalue weighted by atomic mass is 16.2. The number of rotatable bonds is 2. The molecular weight excluding hydrogens is 176 g/mol. The minimum atomic E-state index is 0.366. The lowest BCUT2D eigenvalue weighted by atomic mass is 9.94. The van der Waals surface area contributed by atoms with Gasteiger partial charge >= 0.3 is 0 Å². The molecular formula is C11H19N2O. The smallest absolute Gasteiger partial charge is 0.222 e. The number of nitrogens with one attached hydrogen (secondary N) is 1. The summed E-state index contributed by atoms with van der Waals surface area (Å²) >= 11 is 0. The van der Waals surface area contributed by atoms with E-state index in [0.29, 0.717) is 11.8 Å². The molecule has 3 nitrogen and oxygen atoms in total. The first kappa shape index (κ1) is 9.97. The molecule has 2 aliphatic rings. The van der Waals surface area contributed by atoms with Crippen molar-refractivity contribution < 1.29 is 4.79 Å².